The first kappa shape index (κ1) is 31.7. The summed E-state index contributed by atoms with van der Waals surface area (Å²) in [5.41, 5.74) is 1.04. The van der Waals surface area contributed by atoms with Gasteiger partial charge in [-0.15, -0.1) is 0 Å². The molecule has 0 aliphatic carbocycles. The Kier molecular flexibility index (Phi) is 9.31. The average molecular weight is 633 g/mol. The summed E-state index contributed by atoms with van der Waals surface area (Å²) < 4.78 is 45.2. The third kappa shape index (κ3) is 6.25. The largest absolute Gasteiger partial charge is 0.513 e. The summed E-state index contributed by atoms with van der Waals surface area (Å²) in [7, 11) is 2.91. The molecule has 46 heavy (non-hydrogen) atoms. The molecule has 0 saturated carbocycles. The molecule has 0 radical (unpaired) electrons. The number of imide groups is 1. The maximum atomic E-state index is 14.1. The number of fused-ring (bicyclic) bond motifs is 2. The van der Waals surface area contributed by atoms with Gasteiger partial charge in [-0.2, -0.15) is 0 Å². The zero-order chi connectivity index (χ0) is 33.0. The Morgan fingerprint density at radius 1 is 0.804 bits per heavy atom. The number of aromatic nitrogens is 1. The number of pyridine rings is 1. The molecule has 2 heterocycles. The molecule has 0 atom stereocenters. The van der Waals surface area contributed by atoms with Crippen LogP contribution in [0.2, 0.25) is 0 Å². The van der Waals surface area contributed by atoms with Crippen molar-refractivity contribution in [1.29, 1.82) is 0 Å². The molecule has 0 fully saturated rings. The van der Waals surface area contributed by atoms with E-state index in [1.165, 1.54) is 32.5 Å². The SMILES string of the molecule is CCOC(=O)Oc1c2c(c(OC(=O)OCC)c3ncc(Cc4ccc(F)cc4)cc13)C(=O)N(Cc1ccc(OC)cc1OC)C2=O. The highest BCUT2D eigenvalue weighted by Crippen LogP contribution is 2.45. The molecular formula is C33H29FN2O10. The van der Waals surface area contributed by atoms with Crippen LogP contribution in [-0.2, 0) is 22.4 Å². The van der Waals surface area contributed by atoms with Crippen molar-refractivity contribution in [2.45, 2.75) is 26.8 Å². The van der Waals surface area contributed by atoms with Crippen LogP contribution in [0.5, 0.6) is 23.0 Å². The van der Waals surface area contributed by atoms with Crippen LogP contribution in [-0.4, -0.2) is 61.4 Å². The number of carbonyl (C=O) groups is 4. The van der Waals surface area contributed by atoms with Gasteiger partial charge in [-0.05, 0) is 61.7 Å². The van der Waals surface area contributed by atoms with Gasteiger partial charge in [0.25, 0.3) is 11.8 Å². The fourth-order valence-corrected chi connectivity index (χ4v) is 5.01. The van der Waals surface area contributed by atoms with E-state index in [-0.39, 0.29) is 59.7 Å². The van der Waals surface area contributed by atoms with E-state index in [1.807, 2.05) is 0 Å². The summed E-state index contributed by atoms with van der Waals surface area (Å²) in [6.07, 6.45) is -0.531. The molecule has 238 valence electrons. The van der Waals surface area contributed by atoms with Crippen LogP contribution in [0.25, 0.3) is 10.9 Å². The van der Waals surface area contributed by atoms with Gasteiger partial charge in [0.1, 0.15) is 34.0 Å². The lowest BCUT2D eigenvalue weighted by molar-refractivity contribution is 0.0639. The van der Waals surface area contributed by atoms with Crippen molar-refractivity contribution < 1.29 is 52.0 Å². The lowest BCUT2D eigenvalue weighted by Gasteiger charge is -2.17. The van der Waals surface area contributed by atoms with E-state index in [9.17, 15) is 23.6 Å². The van der Waals surface area contributed by atoms with Crippen molar-refractivity contribution in [2.24, 2.45) is 0 Å². The van der Waals surface area contributed by atoms with Crippen LogP contribution >= 0.6 is 0 Å². The Balaban J connectivity index is 1.70. The van der Waals surface area contributed by atoms with E-state index < -0.39 is 29.9 Å². The molecule has 0 spiro atoms. The molecular weight excluding hydrogens is 603 g/mol. The lowest BCUT2D eigenvalue weighted by Crippen LogP contribution is -2.29. The topological polar surface area (TPSA) is 140 Å². The van der Waals surface area contributed by atoms with E-state index in [0.717, 1.165) is 10.5 Å². The van der Waals surface area contributed by atoms with Crippen LogP contribution in [0.1, 0.15) is 51.3 Å². The molecule has 0 unspecified atom stereocenters. The zero-order valence-corrected chi connectivity index (χ0v) is 25.4. The van der Waals surface area contributed by atoms with Crippen molar-refractivity contribution >= 4 is 35.0 Å². The van der Waals surface area contributed by atoms with Gasteiger partial charge in [0, 0.05) is 23.2 Å². The summed E-state index contributed by atoms with van der Waals surface area (Å²) in [5, 5.41) is 0.0794. The molecule has 3 aromatic carbocycles. The lowest BCUT2D eigenvalue weighted by atomic mass is 9.99. The number of benzene rings is 3. The van der Waals surface area contributed by atoms with Crippen LogP contribution in [0.4, 0.5) is 14.0 Å². The fraction of sp³-hybridized carbons (Fsp3) is 0.242. The number of hydrogen-bond donors (Lipinski definition) is 0. The third-order valence-electron chi connectivity index (χ3n) is 7.07. The Morgan fingerprint density at radius 2 is 1.43 bits per heavy atom. The molecule has 1 aliphatic rings. The van der Waals surface area contributed by atoms with E-state index in [2.05, 4.69) is 4.98 Å². The Bertz CT molecular complexity index is 1840. The molecule has 1 aromatic heterocycles. The highest BCUT2D eigenvalue weighted by molar-refractivity contribution is 6.27. The van der Waals surface area contributed by atoms with Crippen molar-refractivity contribution in [2.75, 3.05) is 27.4 Å². The molecule has 4 aromatic rings. The van der Waals surface area contributed by atoms with Gasteiger partial charge in [-0.25, -0.2) is 14.0 Å². The molecule has 5 rings (SSSR count). The molecule has 1 aliphatic heterocycles. The predicted molar refractivity (Wildman–Crippen MR) is 160 cm³/mol. The zero-order valence-electron chi connectivity index (χ0n) is 25.4. The summed E-state index contributed by atoms with van der Waals surface area (Å²) in [4.78, 5) is 58.7. The number of halogens is 1. The summed E-state index contributed by atoms with van der Waals surface area (Å²) >= 11 is 0. The second-order valence-electron chi connectivity index (χ2n) is 9.90. The standard InChI is InChI=1S/C33H29FN2O10/c1-5-43-32(39)45-28-23-14-19(13-18-7-10-21(34)11-8-18)16-35-27(23)29(46-33(40)44-6-2)26-25(28)30(37)36(31(26)38)17-20-9-12-22(41-3)15-24(20)42-4/h7-12,14-16H,5-6,13,17H2,1-4H3. The van der Waals surface area contributed by atoms with Crippen molar-refractivity contribution in [3.8, 4) is 23.0 Å². The number of methoxy groups -OCH3 is 2. The van der Waals surface area contributed by atoms with Gasteiger partial charge in [-0.3, -0.25) is 19.5 Å². The van der Waals surface area contributed by atoms with Gasteiger partial charge in [0.2, 0.25) is 0 Å². The minimum atomic E-state index is -1.14. The van der Waals surface area contributed by atoms with Crippen LogP contribution in [0, 0.1) is 5.82 Å². The number of ether oxygens (including phenoxy) is 6. The highest BCUT2D eigenvalue weighted by Gasteiger charge is 2.44. The third-order valence-corrected chi connectivity index (χ3v) is 7.07. The molecule has 12 nitrogen and oxygen atoms in total. The molecule has 13 heteroatoms. The van der Waals surface area contributed by atoms with Crippen LogP contribution in [0.15, 0.2) is 54.7 Å². The molecule has 2 amide bonds. The molecule has 0 bridgehead atoms. The summed E-state index contributed by atoms with van der Waals surface area (Å²) in [6.45, 7) is 2.82. The maximum Gasteiger partial charge on any atom is 0.513 e. The monoisotopic (exact) mass is 632 g/mol. The number of hydrogen-bond acceptors (Lipinski definition) is 11. The summed E-state index contributed by atoms with van der Waals surface area (Å²) in [5.74, 6) is -1.90. The van der Waals surface area contributed by atoms with Crippen molar-refractivity contribution in [3.05, 3.63) is 88.4 Å². The van der Waals surface area contributed by atoms with Crippen molar-refractivity contribution in [3.63, 3.8) is 0 Å². The first-order valence-electron chi connectivity index (χ1n) is 14.2. The van der Waals surface area contributed by atoms with Gasteiger partial charge in [0.15, 0.2) is 11.5 Å². The fourth-order valence-electron chi connectivity index (χ4n) is 5.01. The average Bonchev–Trinajstić information content (AvgIpc) is 3.29. The van der Waals surface area contributed by atoms with Gasteiger partial charge in [-0.1, -0.05) is 12.1 Å². The van der Waals surface area contributed by atoms with E-state index in [1.54, 1.807) is 50.2 Å². The van der Waals surface area contributed by atoms with E-state index in [4.69, 9.17) is 28.4 Å². The van der Waals surface area contributed by atoms with Crippen molar-refractivity contribution in [1.82, 2.24) is 9.88 Å². The van der Waals surface area contributed by atoms with Gasteiger partial charge >= 0.3 is 12.3 Å². The Morgan fingerprint density at radius 3 is 2.04 bits per heavy atom. The Hall–Kier alpha value is -5.72. The van der Waals surface area contributed by atoms with E-state index >= 15 is 0 Å². The number of amides is 2. The highest BCUT2D eigenvalue weighted by atomic mass is 19.1. The first-order chi connectivity index (χ1) is 22.2. The van der Waals surface area contributed by atoms with E-state index in [0.29, 0.717) is 22.6 Å². The number of carbonyl (C=O) groups excluding carboxylic acids is 4. The number of nitrogens with zero attached hydrogens (tertiary/aromatic N) is 2. The minimum Gasteiger partial charge on any atom is -0.497 e. The maximum absolute atomic E-state index is 14.1. The van der Waals surface area contributed by atoms with Gasteiger partial charge in [0.05, 0.1) is 34.0 Å². The Labute approximate surface area is 262 Å². The van der Waals surface area contributed by atoms with Crippen LogP contribution < -0.4 is 18.9 Å². The first-order valence-corrected chi connectivity index (χ1v) is 14.2. The second kappa shape index (κ2) is 13.5. The van der Waals surface area contributed by atoms with Gasteiger partial charge < -0.3 is 28.4 Å². The second-order valence-corrected chi connectivity index (χ2v) is 9.90. The normalized spacial score (nSPS) is 12.2. The predicted octanol–water partition coefficient (Wildman–Crippen LogP) is 5.85. The summed E-state index contributed by atoms with van der Waals surface area (Å²) in [6, 6.07) is 12.3. The minimum absolute atomic E-state index is 0.0332. The van der Waals surface area contributed by atoms with Crippen LogP contribution in [0.3, 0.4) is 0 Å². The molecule has 0 saturated heterocycles. The molecule has 0 N–H and O–H groups in total. The smallest absolute Gasteiger partial charge is 0.497 e. The number of rotatable bonds is 10. The quantitative estimate of drug-likeness (QED) is 0.118.